The highest BCUT2D eigenvalue weighted by atomic mass is 16.6. The van der Waals surface area contributed by atoms with Gasteiger partial charge in [0.25, 0.3) is 5.69 Å². The smallest absolute Gasteiger partial charge is 0.346 e. The van der Waals surface area contributed by atoms with Crippen LogP contribution in [0.15, 0.2) is 42.5 Å². The molecule has 0 fully saturated rings. The zero-order chi connectivity index (χ0) is 18.4. The van der Waals surface area contributed by atoms with Crippen LogP contribution in [0.2, 0.25) is 0 Å². The van der Waals surface area contributed by atoms with Crippen molar-refractivity contribution in [3.8, 4) is 11.8 Å². The molecule has 0 aliphatic carbocycles. The number of carbonyl (C=O) groups is 2. The molecule has 0 radical (unpaired) electrons. The van der Waals surface area contributed by atoms with Gasteiger partial charge in [-0.2, -0.15) is 0 Å². The molecule has 0 aliphatic rings. The summed E-state index contributed by atoms with van der Waals surface area (Å²) in [5.74, 6) is 4.27. The minimum absolute atomic E-state index is 0.0279. The first-order chi connectivity index (χ1) is 11.9. The molecule has 0 bridgehead atoms. The molecular weight excluding hydrogens is 324 g/mol. The molecular formula is C18H14N2O5. The predicted octanol–water partition coefficient (Wildman–Crippen LogP) is 2.74. The van der Waals surface area contributed by atoms with Crippen molar-refractivity contribution in [2.75, 3.05) is 12.4 Å². The minimum atomic E-state index is -0.906. The quantitative estimate of drug-likeness (QED) is 0.401. The Balaban J connectivity index is 2.72. The molecule has 7 nitrogen and oxygen atoms in total. The number of benzene rings is 2. The van der Waals surface area contributed by atoms with Crippen LogP contribution in [-0.4, -0.2) is 23.9 Å². The summed E-state index contributed by atoms with van der Waals surface area (Å²) in [5.41, 5.74) is 0.126. The molecule has 2 aromatic carbocycles. The highest BCUT2D eigenvalue weighted by Gasteiger charge is 2.27. The lowest BCUT2D eigenvalue weighted by Gasteiger charge is -2.10. The first kappa shape index (κ1) is 17.7. The molecule has 0 heterocycles. The molecule has 126 valence electrons. The lowest BCUT2D eigenvalue weighted by molar-refractivity contribution is -0.385. The third kappa shape index (κ3) is 4.20. The summed E-state index contributed by atoms with van der Waals surface area (Å²) >= 11 is 0. The summed E-state index contributed by atoms with van der Waals surface area (Å²) in [6.45, 7) is 1.29. The number of hydrogen-bond donors (Lipinski definition) is 1. The fourth-order valence-electron chi connectivity index (χ4n) is 2.13. The number of anilines is 1. The Hall–Kier alpha value is -3.66. The molecule has 2 rings (SSSR count). The number of nitrogens with zero attached hydrogens (tertiary/aromatic N) is 1. The van der Waals surface area contributed by atoms with Crippen molar-refractivity contribution in [3.63, 3.8) is 0 Å². The molecule has 1 amide bonds. The average Bonchev–Trinajstić information content (AvgIpc) is 2.59. The number of methoxy groups -OCH3 is 1. The number of rotatable bonds is 3. The van der Waals surface area contributed by atoms with Gasteiger partial charge in [-0.1, -0.05) is 30.0 Å². The van der Waals surface area contributed by atoms with E-state index in [4.69, 9.17) is 0 Å². The number of hydrogen-bond acceptors (Lipinski definition) is 5. The van der Waals surface area contributed by atoms with E-state index >= 15 is 0 Å². The molecule has 0 aliphatic heterocycles. The second-order valence-electron chi connectivity index (χ2n) is 4.93. The number of ether oxygens (including phenoxy) is 1. The topological polar surface area (TPSA) is 98.5 Å². The number of nitro groups is 1. The van der Waals surface area contributed by atoms with Crippen LogP contribution in [0.5, 0.6) is 0 Å². The van der Waals surface area contributed by atoms with Gasteiger partial charge in [0.1, 0.15) is 0 Å². The van der Waals surface area contributed by atoms with Gasteiger partial charge in [-0.05, 0) is 18.2 Å². The average molecular weight is 338 g/mol. The predicted molar refractivity (Wildman–Crippen MR) is 91.2 cm³/mol. The van der Waals surface area contributed by atoms with Crippen molar-refractivity contribution in [2.24, 2.45) is 0 Å². The summed E-state index contributed by atoms with van der Waals surface area (Å²) in [6.07, 6.45) is 0. The van der Waals surface area contributed by atoms with Crippen molar-refractivity contribution in [1.29, 1.82) is 0 Å². The van der Waals surface area contributed by atoms with Crippen LogP contribution in [0.3, 0.4) is 0 Å². The summed E-state index contributed by atoms with van der Waals surface area (Å²) in [7, 11) is 1.12. The monoisotopic (exact) mass is 338 g/mol. The van der Waals surface area contributed by atoms with E-state index in [0.717, 1.165) is 13.2 Å². The minimum Gasteiger partial charge on any atom is -0.465 e. The SMILES string of the molecule is COC(=O)c1c([N+](=O)[O-])ccc(NC(C)=O)c1C#Cc1ccccc1. The Bertz CT molecular complexity index is 895. The lowest BCUT2D eigenvalue weighted by Crippen LogP contribution is -2.13. The maximum atomic E-state index is 12.1. The van der Waals surface area contributed by atoms with Crippen LogP contribution in [-0.2, 0) is 9.53 Å². The molecule has 2 aromatic rings. The van der Waals surface area contributed by atoms with Crippen LogP contribution in [0.4, 0.5) is 11.4 Å². The summed E-state index contributed by atoms with van der Waals surface area (Å²) in [5, 5.41) is 13.8. The van der Waals surface area contributed by atoms with Gasteiger partial charge in [-0.3, -0.25) is 14.9 Å². The van der Waals surface area contributed by atoms with E-state index in [1.807, 2.05) is 6.07 Å². The molecule has 0 spiro atoms. The zero-order valence-electron chi connectivity index (χ0n) is 13.5. The van der Waals surface area contributed by atoms with Gasteiger partial charge >= 0.3 is 5.97 Å². The maximum Gasteiger partial charge on any atom is 0.346 e. The van der Waals surface area contributed by atoms with E-state index in [1.165, 1.54) is 13.0 Å². The van der Waals surface area contributed by atoms with Crippen molar-refractivity contribution < 1.29 is 19.2 Å². The van der Waals surface area contributed by atoms with Crippen LogP contribution in [0.1, 0.15) is 28.4 Å². The largest absolute Gasteiger partial charge is 0.465 e. The Morgan fingerprint density at radius 3 is 2.36 bits per heavy atom. The zero-order valence-corrected chi connectivity index (χ0v) is 13.5. The first-order valence-corrected chi connectivity index (χ1v) is 7.18. The molecule has 7 heteroatoms. The second-order valence-corrected chi connectivity index (χ2v) is 4.93. The number of amides is 1. The number of esters is 1. The third-order valence-electron chi connectivity index (χ3n) is 3.19. The van der Waals surface area contributed by atoms with Gasteiger partial charge in [0, 0.05) is 18.6 Å². The Morgan fingerprint density at radius 2 is 1.80 bits per heavy atom. The van der Waals surface area contributed by atoms with Gasteiger partial charge in [-0.25, -0.2) is 4.79 Å². The standard InChI is InChI=1S/C18H14N2O5/c1-12(21)19-15-10-11-16(20(23)24)17(18(22)25-2)14(15)9-8-13-6-4-3-5-7-13/h3-7,10-11H,1-2H3,(H,19,21). The van der Waals surface area contributed by atoms with Gasteiger partial charge in [0.05, 0.1) is 23.3 Å². The normalized spacial score (nSPS) is 9.52. The molecule has 0 atom stereocenters. The van der Waals surface area contributed by atoms with Gasteiger partial charge in [0.15, 0.2) is 5.56 Å². The van der Waals surface area contributed by atoms with Crippen LogP contribution in [0.25, 0.3) is 0 Å². The molecule has 0 aromatic heterocycles. The number of nitrogens with one attached hydrogen (secondary N) is 1. The van der Waals surface area contributed by atoms with E-state index in [9.17, 15) is 19.7 Å². The highest BCUT2D eigenvalue weighted by molar-refractivity contribution is 6.01. The van der Waals surface area contributed by atoms with E-state index < -0.39 is 22.5 Å². The second kappa shape index (κ2) is 7.75. The Labute approximate surface area is 143 Å². The number of carbonyl (C=O) groups excluding carboxylic acids is 2. The van der Waals surface area contributed by atoms with Crippen molar-refractivity contribution in [3.05, 3.63) is 69.3 Å². The lowest BCUT2D eigenvalue weighted by atomic mass is 10.0. The van der Waals surface area contributed by atoms with E-state index in [0.29, 0.717) is 5.56 Å². The number of nitro benzene ring substituents is 1. The molecule has 0 unspecified atom stereocenters. The van der Waals surface area contributed by atoms with Crippen LogP contribution in [0, 0.1) is 22.0 Å². The molecule has 25 heavy (non-hydrogen) atoms. The van der Waals surface area contributed by atoms with E-state index in [2.05, 4.69) is 21.9 Å². The Kier molecular flexibility index (Phi) is 5.48. The third-order valence-corrected chi connectivity index (χ3v) is 3.19. The van der Waals surface area contributed by atoms with E-state index in [1.54, 1.807) is 24.3 Å². The van der Waals surface area contributed by atoms with Gasteiger partial charge in [-0.15, -0.1) is 0 Å². The highest BCUT2D eigenvalue weighted by Crippen LogP contribution is 2.29. The van der Waals surface area contributed by atoms with Crippen molar-refractivity contribution >= 4 is 23.3 Å². The fourth-order valence-corrected chi connectivity index (χ4v) is 2.13. The van der Waals surface area contributed by atoms with E-state index in [-0.39, 0.29) is 16.8 Å². The maximum absolute atomic E-state index is 12.1. The molecule has 0 saturated heterocycles. The molecule has 1 N–H and O–H groups in total. The summed E-state index contributed by atoms with van der Waals surface area (Å²) < 4.78 is 4.66. The van der Waals surface area contributed by atoms with Gasteiger partial charge < -0.3 is 10.1 Å². The van der Waals surface area contributed by atoms with Crippen LogP contribution >= 0.6 is 0 Å². The Morgan fingerprint density at radius 1 is 1.12 bits per heavy atom. The van der Waals surface area contributed by atoms with Crippen molar-refractivity contribution in [1.82, 2.24) is 0 Å². The van der Waals surface area contributed by atoms with Crippen LogP contribution < -0.4 is 5.32 Å². The first-order valence-electron chi connectivity index (χ1n) is 7.18. The fraction of sp³-hybridized carbons (Fsp3) is 0.111. The molecule has 0 saturated carbocycles. The van der Waals surface area contributed by atoms with Crippen molar-refractivity contribution in [2.45, 2.75) is 6.92 Å². The van der Waals surface area contributed by atoms with Gasteiger partial charge in [0.2, 0.25) is 5.91 Å². The summed E-state index contributed by atoms with van der Waals surface area (Å²) in [6, 6.07) is 11.4. The summed E-state index contributed by atoms with van der Waals surface area (Å²) in [4.78, 5) is 34.1.